The fraction of sp³-hybridized carbons (Fsp3) is 0.250. The third-order valence-electron chi connectivity index (χ3n) is 5.46. The van der Waals surface area contributed by atoms with Gasteiger partial charge in [0, 0.05) is 33.8 Å². The molecule has 1 aliphatic rings. The molecule has 0 bridgehead atoms. The van der Waals surface area contributed by atoms with E-state index in [1.165, 1.54) is 0 Å². The maximum absolute atomic E-state index is 14.9. The van der Waals surface area contributed by atoms with Crippen LogP contribution >= 0.6 is 23.1 Å². The van der Waals surface area contributed by atoms with Crippen molar-refractivity contribution in [3.8, 4) is 5.75 Å². The predicted octanol–water partition coefficient (Wildman–Crippen LogP) is 4.70. The van der Waals surface area contributed by atoms with Crippen LogP contribution in [0.25, 0.3) is 0 Å². The highest BCUT2D eigenvalue weighted by molar-refractivity contribution is 9.09. The first-order chi connectivity index (χ1) is 14.1. The molecular formula is C24H25BrNO2P. The Hall–Kier alpha value is -2.03. The summed E-state index contributed by atoms with van der Waals surface area (Å²) in [7, 11) is -1.39. The van der Waals surface area contributed by atoms with E-state index in [1.807, 2.05) is 78.9 Å². The van der Waals surface area contributed by atoms with Crippen molar-refractivity contribution in [2.24, 2.45) is 0 Å². The van der Waals surface area contributed by atoms with Crippen molar-refractivity contribution in [1.82, 2.24) is 0 Å². The molecule has 29 heavy (non-hydrogen) atoms. The topological polar surface area (TPSA) is 29.5 Å². The van der Waals surface area contributed by atoms with Crippen LogP contribution in [0.1, 0.15) is 12.8 Å². The van der Waals surface area contributed by atoms with E-state index in [2.05, 4.69) is 20.8 Å². The summed E-state index contributed by atoms with van der Waals surface area (Å²) in [5.41, 5.74) is 0.954. The molecule has 3 aromatic rings. The monoisotopic (exact) mass is 469 g/mol. The molecule has 0 unspecified atom stereocenters. The van der Waals surface area contributed by atoms with Crippen molar-refractivity contribution in [2.75, 3.05) is 25.1 Å². The quantitative estimate of drug-likeness (QED) is 0.400. The molecule has 1 atom stereocenters. The minimum absolute atomic E-state index is 0.418. The molecule has 3 nitrogen and oxygen atoms in total. The van der Waals surface area contributed by atoms with E-state index in [9.17, 15) is 4.57 Å². The van der Waals surface area contributed by atoms with Gasteiger partial charge in [0.15, 0.2) is 7.14 Å². The number of piperidine rings is 1. The lowest BCUT2D eigenvalue weighted by atomic mass is 10.1. The van der Waals surface area contributed by atoms with Gasteiger partial charge < -0.3 is 14.2 Å². The number of rotatable bonds is 5. The molecule has 0 radical (unpaired) electrons. The molecule has 3 aromatic carbocycles. The van der Waals surface area contributed by atoms with Gasteiger partial charge in [-0.05, 0) is 25.0 Å². The molecule has 4 rings (SSSR count). The van der Waals surface area contributed by atoms with E-state index in [0.717, 1.165) is 53.3 Å². The fourth-order valence-electron chi connectivity index (χ4n) is 4.08. The number of ether oxygens (including phenoxy) is 1. The van der Waals surface area contributed by atoms with Crippen molar-refractivity contribution in [2.45, 2.75) is 17.7 Å². The molecule has 0 spiro atoms. The maximum Gasteiger partial charge on any atom is 0.173 e. The third kappa shape index (κ3) is 3.89. The lowest BCUT2D eigenvalue weighted by Gasteiger charge is -2.35. The van der Waals surface area contributed by atoms with E-state index in [1.54, 1.807) is 7.11 Å². The summed E-state index contributed by atoms with van der Waals surface area (Å²) in [5.74, 6) is 0.774. The van der Waals surface area contributed by atoms with Crippen molar-refractivity contribution in [1.29, 1.82) is 0 Å². The van der Waals surface area contributed by atoms with Crippen LogP contribution in [-0.2, 0) is 4.57 Å². The minimum Gasteiger partial charge on any atom is -0.495 e. The SMILES string of the molecule is COc1cccc(P(=O)(c2ccccc2)c2ccccc2)c1N1CCC[C@@H](Br)C1. The van der Waals surface area contributed by atoms with Crippen molar-refractivity contribution in [3.63, 3.8) is 0 Å². The number of anilines is 1. The van der Waals surface area contributed by atoms with Crippen LogP contribution < -0.4 is 25.6 Å². The summed E-state index contributed by atoms with van der Waals surface area (Å²) < 4.78 is 20.7. The van der Waals surface area contributed by atoms with Gasteiger partial charge in [0.05, 0.1) is 12.8 Å². The first-order valence-corrected chi connectivity index (χ1v) is 12.5. The summed E-state index contributed by atoms with van der Waals surface area (Å²) in [6.07, 6.45) is 2.24. The minimum atomic E-state index is -3.08. The molecule has 0 amide bonds. The van der Waals surface area contributed by atoms with Crippen molar-refractivity contribution in [3.05, 3.63) is 78.9 Å². The van der Waals surface area contributed by atoms with Crippen LogP contribution in [0.3, 0.4) is 0 Å². The Morgan fingerprint density at radius 3 is 2.10 bits per heavy atom. The second kappa shape index (κ2) is 8.77. The second-order valence-corrected chi connectivity index (χ2v) is 11.3. The average Bonchev–Trinajstić information content (AvgIpc) is 2.79. The van der Waals surface area contributed by atoms with Crippen LogP contribution in [0.2, 0.25) is 0 Å². The van der Waals surface area contributed by atoms with Crippen LogP contribution in [0.4, 0.5) is 5.69 Å². The van der Waals surface area contributed by atoms with Gasteiger partial charge in [-0.3, -0.25) is 0 Å². The molecule has 1 saturated heterocycles. The van der Waals surface area contributed by atoms with Crippen molar-refractivity contribution >= 4 is 44.7 Å². The highest BCUT2D eigenvalue weighted by Crippen LogP contribution is 2.47. The number of para-hydroxylation sites is 1. The number of hydrogen-bond acceptors (Lipinski definition) is 3. The molecule has 1 aliphatic heterocycles. The van der Waals surface area contributed by atoms with Gasteiger partial charge in [0.1, 0.15) is 5.75 Å². The van der Waals surface area contributed by atoms with Crippen molar-refractivity contribution < 1.29 is 9.30 Å². The van der Waals surface area contributed by atoms with E-state index >= 15 is 0 Å². The lowest BCUT2D eigenvalue weighted by Crippen LogP contribution is -2.40. The van der Waals surface area contributed by atoms with Gasteiger partial charge in [-0.2, -0.15) is 0 Å². The lowest BCUT2D eigenvalue weighted by molar-refractivity contribution is 0.413. The van der Waals surface area contributed by atoms with Crippen LogP contribution in [0.5, 0.6) is 5.75 Å². The predicted molar refractivity (Wildman–Crippen MR) is 127 cm³/mol. The number of alkyl halides is 1. The Bertz CT molecular complexity index is 966. The Morgan fingerprint density at radius 1 is 0.931 bits per heavy atom. The van der Waals surface area contributed by atoms with Crippen LogP contribution in [-0.4, -0.2) is 25.0 Å². The third-order valence-corrected chi connectivity index (χ3v) is 9.29. The maximum atomic E-state index is 14.9. The summed E-state index contributed by atoms with van der Waals surface area (Å²) in [6, 6.07) is 25.6. The zero-order valence-corrected chi connectivity index (χ0v) is 19.0. The van der Waals surface area contributed by atoms with Crippen LogP contribution in [0, 0.1) is 0 Å². The van der Waals surface area contributed by atoms with E-state index in [-0.39, 0.29) is 0 Å². The van der Waals surface area contributed by atoms with E-state index in [0.29, 0.717) is 4.83 Å². The first kappa shape index (κ1) is 20.3. The van der Waals surface area contributed by atoms with E-state index < -0.39 is 7.14 Å². The Balaban J connectivity index is 1.98. The summed E-state index contributed by atoms with van der Waals surface area (Å²) >= 11 is 3.79. The molecule has 5 heteroatoms. The van der Waals surface area contributed by atoms with Gasteiger partial charge >= 0.3 is 0 Å². The summed E-state index contributed by atoms with van der Waals surface area (Å²) in [4.78, 5) is 2.75. The molecule has 0 saturated carbocycles. The number of methoxy groups -OCH3 is 1. The largest absolute Gasteiger partial charge is 0.495 e. The molecule has 0 aromatic heterocycles. The van der Waals surface area contributed by atoms with Gasteiger partial charge in [-0.1, -0.05) is 82.7 Å². The molecule has 0 aliphatic carbocycles. The van der Waals surface area contributed by atoms with Gasteiger partial charge in [-0.15, -0.1) is 0 Å². The number of hydrogen-bond donors (Lipinski definition) is 0. The summed E-state index contributed by atoms with van der Waals surface area (Å²) in [6.45, 7) is 1.80. The standard InChI is InChI=1S/C24H25BrNO2P/c1-28-22-15-8-16-23(24(22)26-17-9-10-19(25)18-26)29(27,20-11-4-2-5-12-20)21-13-6-3-7-14-21/h2-8,11-16,19H,9-10,17-18H2,1H3/t19-/m1/s1. The first-order valence-electron chi connectivity index (χ1n) is 9.92. The molecule has 150 valence electrons. The van der Waals surface area contributed by atoms with Gasteiger partial charge in [0.2, 0.25) is 0 Å². The zero-order valence-electron chi connectivity index (χ0n) is 16.5. The molecular weight excluding hydrogens is 445 g/mol. The normalized spacial score (nSPS) is 17.2. The number of nitrogens with zero attached hydrogens (tertiary/aromatic N) is 1. The van der Waals surface area contributed by atoms with Gasteiger partial charge in [0.25, 0.3) is 0 Å². The highest BCUT2D eigenvalue weighted by Gasteiger charge is 2.35. The van der Waals surface area contributed by atoms with Gasteiger partial charge in [-0.25, -0.2) is 0 Å². The Labute approximate surface area is 181 Å². The number of halogens is 1. The Morgan fingerprint density at radius 2 is 1.55 bits per heavy atom. The molecule has 0 N–H and O–H groups in total. The zero-order chi connectivity index (χ0) is 20.3. The molecule has 1 heterocycles. The number of benzene rings is 3. The average molecular weight is 470 g/mol. The fourth-order valence-corrected chi connectivity index (χ4v) is 7.64. The highest BCUT2D eigenvalue weighted by atomic mass is 79.9. The van der Waals surface area contributed by atoms with E-state index in [4.69, 9.17) is 4.74 Å². The summed E-state index contributed by atoms with van der Waals surface area (Å²) in [5, 5.41) is 2.53. The Kier molecular flexibility index (Phi) is 6.12. The second-order valence-electron chi connectivity index (χ2n) is 7.29. The van der Waals surface area contributed by atoms with Crippen LogP contribution in [0.15, 0.2) is 78.9 Å². The smallest absolute Gasteiger partial charge is 0.173 e. The molecule has 1 fully saturated rings.